The Bertz CT molecular complexity index is 98.5. The summed E-state index contributed by atoms with van der Waals surface area (Å²) in [7, 11) is 0. The molecule has 2 heteroatoms. The van der Waals surface area contributed by atoms with Crippen LogP contribution in [0.4, 0.5) is 0 Å². The molecule has 0 fully saturated rings. The third kappa shape index (κ3) is 8.52. The van der Waals surface area contributed by atoms with Crippen molar-refractivity contribution in [2.24, 2.45) is 0 Å². The second-order valence-corrected chi connectivity index (χ2v) is 3.98. The van der Waals surface area contributed by atoms with E-state index in [0.29, 0.717) is 6.61 Å². The Labute approximate surface area is 89.3 Å². The zero-order valence-electron chi connectivity index (χ0n) is 9.97. The molecular formula is C12H27NO. The molecule has 14 heavy (non-hydrogen) atoms. The maximum atomic E-state index is 8.71. The van der Waals surface area contributed by atoms with Crippen molar-refractivity contribution in [1.82, 2.24) is 4.90 Å². The SMILES string of the molecule is CCCCN(CCCC)CCCCO. The molecule has 0 spiro atoms. The van der Waals surface area contributed by atoms with E-state index in [1.807, 2.05) is 0 Å². The van der Waals surface area contributed by atoms with E-state index in [9.17, 15) is 0 Å². The van der Waals surface area contributed by atoms with E-state index in [1.54, 1.807) is 0 Å². The molecular weight excluding hydrogens is 174 g/mol. The fourth-order valence-corrected chi connectivity index (χ4v) is 1.55. The summed E-state index contributed by atoms with van der Waals surface area (Å²) in [5.74, 6) is 0. The Morgan fingerprint density at radius 1 is 0.786 bits per heavy atom. The fraction of sp³-hybridized carbons (Fsp3) is 1.00. The van der Waals surface area contributed by atoms with Crippen LogP contribution in [-0.4, -0.2) is 36.2 Å². The smallest absolute Gasteiger partial charge is 0.0431 e. The summed E-state index contributed by atoms with van der Waals surface area (Å²) >= 11 is 0. The zero-order chi connectivity index (χ0) is 10.6. The van der Waals surface area contributed by atoms with Gasteiger partial charge in [0.25, 0.3) is 0 Å². The van der Waals surface area contributed by atoms with Crippen LogP contribution in [-0.2, 0) is 0 Å². The van der Waals surface area contributed by atoms with Gasteiger partial charge in [0, 0.05) is 6.61 Å². The second kappa shape index (κ2) is 11.0. The largest absolute Gasteiger partial charge is 0.396 e. The van der Waals surface area contributed by atoms with Crippen LogP contribution >= 0.6 is 0 Å². The van der Waals surface area contributed by atoms with E-state index in [0.717, 1.165) is 12.8 Å². The van der Waals surface area contributed by atoms with Crippen LogP contribution in [0, 0.1) is 0 Å². The highest BCUT2D eigenvalue weighted by Crippen LogP contribution is 2.01. The van der Waals surface area contributed by atoms with Gasteiger partial charge < -0.3 is 10.0 Å². The van der Waals surface area contributed by atoms with Crippen molar-refractivity contribution in [2.75, 3.05) is 26.2 Å². The molecule has 0 aliphatic carbocycles. The number of aliphatic hydroxyl groups excluding tert-OH is 1. The van der Waals surface area contributed by atoms with Gasteiger partial charge in [-0.25, -0.2) is 0 Å². The zero-order valence-corrected chi connectivity index (χ0v) is 9.97. The molecule has 0 aromatic rings. The molecule has 0 aromatic carbocycles. The first kappa shape index (κ1) is 13.9. The third-order valence-corrected chi connectivity index (χ3v) is 2.54. The molecule has 86 valence electrons. The lowest BCUT2D eigenvalue weighted by Gasteiger charge is -2.21. The van der Waals surface area contributed by atoms with Crippen LogP contribution in [0.1, 0.15) is 52.4 Å². The van der Waals surface area contributed by atoms with E-state index >= 15 is 0 Å². The molecule has 0 unspecified atom stereocenters. The minimum Gasteiger partial charge on any atom is -0.396 e. The molecule has 2 nitrogen and oxygen atoms in total. The molecule has 0 heterocycles. The van der Waals surface area contributed by atoms with Crippen LogP contribution in [0.5, 0.6) is 0 Å². The average molecular weight is 201 g/mol. The van der Waals surface area contributed by atoms with Crippen molar-refractivity contribution < 1.29 is 5.11 Å². The number of hydrogen-bond acceptors (Lipinski definition) is 2. The molecule has 1 N–H and O–H groups in total. The minimum absolute atomic E-state index is 0.343. The summed E-state index contributed by atoms with van der Waals surface area (Å²) in [5, 5.41) is 8.71. The number of aliphatic hydroxyl groups is 1. The van der Waals surface area contributed by atoms with Gasteiger partial charge in [-0.05, 0) is 45.3 Å². The van der Waals surface area contributed by atoms with E-state index in [4.69, 9.17) is 5.11 Å². The molecule has 0 atom stereocenters. The van der Waals surface area contributed by atoms with Crippen molar-refractivity contribution >= 4 is 0 Å². The maximum absolute atomic E-state index is 8.71. The average Bonchev–Trinajstić information content (AvgIpc) is 2.21. The van der Waals surface area contributed by atoms with Crippen molar-refractivity contribution in [1.29, 1.82) is 0 Å². The monoisotopic (exact) mass is 201 g/mol. The molecule has 0 bridgehead atoms. The minimum atomic E-state index is 0.343. The highest BCUT2D eigenvalue weighted by Gasteiger charge is 2.02. The lowest BCUT2D eigenvalue weighted by Crippen LogP contribution is -2.27. The first-order chi connectivity index (χ1) is 6.85. The van der Waals surface area contributed by atoms with Gasteiger partial charge >= 0.3 is 0 Å². The lowest BCUT2D eigenvalue weighted by molar-refractivity contribution is 0.236. The van der Waals surface area contributed by atoms with Crippen molar-refractivity contribution in [3.63, 3.8) is 0 Å². The molecule has 0 aliphatic heterocycles. The molecule has 0 saturated carbocycles. The van der Waals surface area contributed by atoms with E-state index in [1.165, 1.54) is 45.3 Å². The highest BCUT2D eigenvalue weighted by molar-refractivity contribution is 4.57. The Morgan fingerprint density at radius 2 is 1.29 bits per heavy atom. The Kier molecular flexibility index (Phi) is 10.9. The summed E-state index contributed by atoms with van der Waals surface area (Å²) < 4.78 is 0. The maximum Gasteiger partial charge on any atom is 0.0431 e. The normalized spacial score (nSPS) is 11.1. The van der Waals surface area contributed by atoms with E-state index in [2.05, 4.69) is 18.7 Å². The van der Waals surface area contributed by atoms with Gasteiger partial charge in [-0.1, -0.05) is 26.7 Å². The Balaban J connectivity index is 3.49. The van der Waals surface area contributed by atoms with Crippen LogP contribution in [0.25, 0.3) is 0 Å². The summed E-state index contributed by atoms with van der Waals surface area (Å²) in [4.78, 5) is 2.54. The van der Waals surface area contributed by atoms with E-state index < -0.39 is 0 Å². The number of hydrogen-bond donors (Lipinski definition) is 1. The van der Waals surface area contributed by atoms with Gasteiger partial charge in [0.1, 0.15) is 0 Å². The van der Waals surface area contributed by atoms with Crippen molar-refractivity contribution in [3.05, 3.63) is 0 Å². The number of unbranched alkanes of at least 4 members (excludes halogenated alkanes) is 3. The molecule has 0 radical (unpaired) electrons. The topological polar surface area (TPSA) is 23.5 Å². The predicted molar refractivity (Wildman–Crippen MR) is 62.6 cm³/mol. The summed E-state index contributed by atoms with van der Waals surface area (Å²) in [5.41, 5.74) is 0. The van der Waals surface area contributed by atoms with Gasteiger partial charge in [0.15, 0.2) is 0 Å². The summed E-state index contributed by atoms with van der Waals surface area (Å²) in [6.45, 7) is 8.47. The molecule has 0 aromatic heterocycles. The van der Waals surface area contributed by atoms with Crippen LogP contribution in [0.15, 0.2) is 0 Å². The van der Waals surface area contributed by atoms with Gasteiger partial charge in [0.05, 0.1) is 0 Å². The van der Waals surface area contributed by atoms with Gasteiger partial charge in [0.2, 0.25) is 0 Å². The van der Waals surface area contributed by atoms with Crippen LogP contribution < -0.4 is 0 Å². The van der Waals surface area contributed by atoms with E-state index in [-0.39, 0.29) is 0 Å². The molecule has 0 saturated heterocycles. The third-order valence-electron chi connectivity index (χ3n) is 2.54. The van der Waals surface area contributed by atoms with Crippen molar-refractivity contribution in [2.45, 2.75) is 52.4 Å². The molecule has 0 aliphatic rings. The van der Waals surface area contributed by atoms with Gasteiger partial charge in [-0.15, -0.1) is 0 Å². The quantitative estimate of drug-likeness (QED) is 0.549. The molecule has 0 rings (SSSR count). The van der Waals surface area contributed by atoms with Crippen LogP contribution in [0.2, 0.25) is 0 Å². The predicted octanol–water partition coefficient (Wildman–Crippen LogP) is 2.66. The summed E-state index contributed by atoms with van der Waals surface area (Å²) in [6.07, 6.45) is 7.27. The first-order valence-corrected chi connectivity index (χ1v) is 6.18. The number of nitrogens with zero attached hydrogens (tertiary/aromatic N) is 1. The highest BCUT2D eigenvalue weighted by atomic mass is 16.2. The number of rotatable bonds is 10. The van der Waals surface area contributed by atoms with Crippen molar-refractivity contribution in [3.8, 4) is 0 Å². The Morgan fingerprint density at radius 3 is 1.71 bits per heavy atom. The second-order valence-electron chi connectivity index (χ2n) is 3.98. The fourth-order valence-electron chi connectivity index (χ4n) is 1.55. The lowest BCUT2D eigenvalue weighted by atomic mass is 10.2. The van der Waals surface area contributed by atoms with Gasteiger partial charge in [-0.3, -0.25) is 0 Å². The Hall–Kier alpha value is -0.0800. The van der Waals surface area contributed by atoms with Gasteiger partial charge in [-0.2, -0.15) is 0 Å². The first-order valence-electron chi connectivity index (χ1n) is 6.18. The summed E-state index contributed by atoms with van der Waals surface area (Å²) in [6, 6.07) is 0. The molecule has 0 amide bonds. The van der Waals surface area contributed by atoms with Crippen LogP contribution in [0.3, 0.4) is 0 Å². The standard InChI is InChI=1S/C12H27NO/c1-3-5-9-13(10-6-4-2)11-7-8-12-14/h14H,3-12H2,1-2H3.